The van der Waals surface area contributed by atoms with Crippen LogP contribution in [0.1, 0.15) is 6.92 Å². The average Bonchev–Trinajstić information content (AvgIpc) is 2.00. The molecule has 1 amide bonds. The van der Waals surface area contributed by atoms with Crippen LogP contribution in [0.3, 0.4) is 0 Å². The van der Waals surface area contributed by atoms with Crippen molar-refractivity contribution in [2.45, 2.75) is 6.92 Å². The van der Waals surface area contributed by atoms with Crippen molar-refractivity contribution in [3.05, 3.63) is 4.91 Å². The Morgan fingerprint density at radius 1 is 1.55 bits per heavy atom. The smallest absolute Gasteiger partial charge is 0.234 e. The van der Waals surface area contributed by atoms with Gasteiger partial charge in [0.2, 0.25) is 6.41 Å². The zero-order chi connectivity index (χ0) is 8.69. The molecule has 0 aromatic rings. The summed E-state index contributed by atoms with van der Waals surface area (Å²) in [4.78, 5) is 22.8. The van der Waals surface area contributed by atoms with E-state index in [4.69, 9.17) is 0 Å². The van der Waals surface area contributed by atoms with Crippen molar-refractivity contribution in [1.82, 2.24) is 5.01 Å². The molecule has 0 saturated carbocycles. The first-order chi connectivity index (χ1) is 5.22. The van der Waals surface area contributed by atoms with Crippen LogP contribution in [0.25, 0.3) is 0 Å². The van der Waals surface area contributed by atoms with Crippen LogP contribution < -0.4 is 0 Å². The summed E-state index contributed by atoms with van der Waals surface area (Å²) in [5.41, 5.74) is 0. The summed E-state index contributed by atoms with van der Waals surface area (Å²) >= 11 is 0. The summed E-state index contributed by atoms with van der Waals surface area (Å²) in [5, 5.41) is 7.15. The lowest BCUT2D eigenvalue weighted by atomic mass is 10.6. The molecule has 0 atom stereocenters. The van der Waals surface area contributed by atoms with E-state index in [-0.39, 0.29) is 0 Å². The fourth-order valence-electron chi connectivity index (χ4n) is 0.342. The Bertz CT molecular complexity index is 199. The zero-order valence-corrected chi connectivity index (χ0v) is 6.26. The number of hydrazone groups is 1. The summed E-state index contributed by atoms with van der Waals surface area (Å²) in [7, 11) is 1.55. The minimum Gasteiger partial charge on any atom is -0.276 e. The fraction of sp³-hybridized carbons (Fsp3) is 0.400. The third-order valence-electron chi connectivity index (χ3n) is 0.980. The first kappa shape index (κ1) is 9.41. The van der Waals surface area contributed by atoms with E-state index in [1.807, 2.05) is 0 Å². The maximum atomic E-state index is 9.84. The van der Waals surface area contributed by atoms with Gasteiger partial charge in [0, 0.05) is 7.05 Å². The quantitative estimate of drug-likeness (QED) is 0.192. The molecule has 0 fully saturated rings. The van der Waals surface area contributed by atoms with Crippen LogP contribution in [-0.2, 0) is 4.79 Å². The van der Waals surface area contributed by atoms with E-state index >= 15 is 0 Å². The van der Waals surface area contributed by atoms with E-state index in [1.165, 1.54) is 5.01 Å². The number of nitroso groups, excluding NO2 is 1. The molecular formula is C5H8N4O2. The molecule has 0 spiro atoms. The minimum absolute atomic E-state index is 0.389. The topological polar surface area (TPSA) is 74.5 Å². The molecule has 0 aromatic carbocycles. The van der Waals surface area contributed by atoms with Gasteiger partial charge in [-0.2, -0.15) is 5.10 Å². The molecule has 0 bridgehead atoms. The monoisotopic (exact) mass is 156 g/mol. The summed E-state index contributed by atoms with van der Waals surface area (Å²) in [6, 6.07) is 0. The Labute approximate surface area is 63.6 Å². The van der Waals surface area contributed by atoms with Gasteiger partial charge < -0.3 is 0 Å². The summed E-state index contributed by atoms with van der Waals surface area (Å²) < 4.78 is 0. The van der Waals surface area contributed by atoms with Gasteiger partial charge in [0.25, 0.3) is 0 Å². The Morgan fingerprint density at radius 2 is 2.18 bits per heavy atom. The van der Waals surface area contributed by atoms with Gasteiger partial charge in [-0.1, -0.05) is 0 Å². The highest BCUT2D eigenvalue weighted by Crippen LogP contribution is 1.85. The first-order valence-electron chi connectivity index (χ1n) is 2.79. The number of amides is 1. The van der Waals surface area contributed by atoms with Crippen LogP contribution in [0.15, 0.2) is 15.3 Å². The SMILES string of the molecule is CC(=NC=O)N(C)/N=C/N=O. The van der Waals surface area contributed by atoms with E-state index in [0.29, 0.717) is 12.2 Å². The summed E-state index contributed by atoms with van der Waals surface area (Å²) in [6.45, 7) is 1.58. The minimum atomic E-state index is 0.389. The molecular weight excluding hydrogens is 148 g/mol. The van der Waals surface area contributed by atoms with Crippen molar-refractivity contribution in [2.75, 3.05) is 7.05 Å². The highest BCUT2D eigenvalue weighted by atomic mass is 16.3. The van der Waals surface area contributed by atoms with Gasteiger partial charge in [0.1, 0.15) is 5.84 Å². The maximum absolute atomic E-state index is 9.84. The molecule has 0 rings (SSSR count). The average molecular weight is 156 g/mol. The molecule has 0 saturated heterocycles. The zero-order valence-electron chi connectivity index (χ0n) is 6.26. The molecule has 0 aliphatic rings. The van der Waals surface area contributed by atoms with Gasteiger partial charge >= 0.3 is 0 Å². The van der Waals surface area contributed by atoms with Gasteiger partial charge in [-0.25, -0.2) is 4.99 Å². The number of nitrogens with zero attached hydrogens (tertiary/aromatic N) is 4. The van der Waals surface area contributed by atoms with Crippen LogP contribution in [0.5, 0.6) is 0 Å². The van der Waals surface area contributed by atoms with Crippen LogP contribution in [0.2, 0.25) is 0 Å². The number of hydrogen-bond donors (Lipinski definition) is 0. The van der Waals surface area contributed by atoms with Gasteiger partial charge in [0.15, 0.2) is 6.34 Å². The second-order valence-corrected chi connectivity index (χ2v) is 1.64. The molecule has 0 N–H and O–H groups in total. The number of carbonyl (C=O) groups is 1. The van der Waals surface area contributed by atoms with Crippen LogP contribution in [0.4, 0.5) is 0 Å². The van der Waals surface area contributed by atoms with Crippen LogP contribution >= 0.6 is 0 Å². The molecule has 0 heterocycles. The lowest BCUT2D eigenvalue weighted by Gasteiger charge is -2.08. The fourth-order valence-corrected chi connectivity index (χ4v) is 0.342. The lowest BCUT2D eigenvalue weighted by molar-refractivity contribution is -0.106. The van der Waals surface area contributed by atoms with E-state index < -0.39 is 0 Å². The van der Waals surface area contributed by atoms with E-state index in [0.717, 1.165) is 6.34 Å². The van der Waals surface area contributed by atoms with Crippen LogP contribution in [0, 0.1) is 4.91 Å². The third kappa shape index (κ3) is 3.90. The molecule has 0 aromatic heterocycles. The molecule has 0 aliphatic carbocycles. The van der Waals surface area contributed by atoms with Crippen molar-refractivity contribution in [3.8, 4) is 0 Å². The van der Waals surface area contributed by atoms with Crippen molar-refractivity contribution >= 4 is 18.6 Å². The number of hydrogen-bond acceptors (Lipinski definition) is 3. The predicted octanol–water partition coefficient (Wildman–Crippen LogP) is 0.203. The van der Waals surface area contributed by atoms with Gasteiger partial charge in [0.05, 0.1) is 0 Å². The third-order valence-corrected chi connectivity index (χ3v) is 0.980. The number of amidine groups is 1. The standard InChI is InChI=1S/C5H8N4O2/c1-5(6-4-10)9(2)7-3-8-11/h3-4H,1-2H3/b6-5?,7-3+. The Hall–Kier alpha value is -1.59. The normalized spacial score (nSPS) is 11.6. The number of rotatable bonds is 3. The van der Waals surface area contributed by atoms with Gasteiger partial charge in [-0.15, -0.1) is 4.91 Å². The Morgan fingerprint density at radius 3 is 2.64 bits per heavy atom. The Balaban J connectivity index is 4.11. The van der Waals surface area contributed by atoms with Gasteiger partial charge in [-0.3, -0.25) is 9.80 Å². The second-order valence-electron chi connectivity index (χ2n) is 1.64. The lowest BCUT2D eigenvalue weighted by Crippen LogP contribution is -2.17. The van der Waals surface area contributed by atoms with Gasteiger partial charge in [-0.05, 0) is 12.1 Å². The molecule has 6 heteroatoms. The maximum Gasteiger partial charge on any atom is 0.234 e. The molecule has 0 radical (unpaired) electrons. The largest absolute Gasteiger partial charge is 0.276 e. The molecule has 60 valence electrons. The second kappa shape index (κ2) is 5.21. The molecule has 11 heavy (non-hydrogen) atoms. The van der Waals surface area contributed by atoms with Crippen LogP contribution in [-0.4, -0.2) is 30.6 Å². The van der Waals surface area contributed by atoms with E-state index in [1.54, 1.807) is 14.0 Å². The van der Waals surface area contributed by atoms with Crippen molar-refractivity contribution in [3.63, 3.8) is 0 Å². The first-order valence-corrected chi connectivity index (χ1v) is 2.79. The summed E-state index contributed by atoms with van der Waals surface area (Å²) in [5.74, 6) is 0.389. The number of carbonyl (C=O) groups excluding carboxylic acids is 1. The molecule has 6 nitrogen and oxygen atoms in total. The Kier molecular flexibility index (Phi) is 4.46. The molecule has 0 unspecified atom stereocenters. The number of aliphatic imine (C=N–C) groups is 1. The predicted molar refractivity (Wildman–Crippen MR) is 41.2 cm³/mol. The highest BCUT2D eigenvalue weighted by molar-refractivity contribution is 5.85. The van der Waals surface area contributed by atoms with Crippen molar-refractivity contribution in [1.29, 1.82) is 0 Å². The van der Waals surface area contributed by atoms with E-state index in [2.05, 4.69) is 15.3 Å². The molecule has 0 aliphatic heterocycles. The highest BCUT2D eigenvalue weighted by Gasteiger charge is 1.94. The summed E-state index contributed by atoms with van der Waals surface area (Å²) in [6.07, 6.45) is 1.22. The van der Waals surface area contributed by atoms with E-state index in [9.17, 15) is 9.70 Å². The van der Waals surface area contributed by atoms with Crippen molar-refractivity contribution < 1.29 is 4.79 Å². The van der Waals surface area contributed by atoms with Crippen molar-refractivity contribution in [2.24, 2.45) is 15.3 Å².